The topological polar surface area (TPSA) is 56.2 Å². The Hall–Kier alpha value is -2.30. The Labute approximate surface area is 143 Å². The summed E-state index contributed by atoms with van der Waals surface area (Å²) in [5.74, 6) is 1.94. The number of nitrogens with one attached hydrogen (secondary N) is 1. The molecule has 0 saturated heterocycles. The number of hydrogen-bond donors (Lipinski definition) is 1. The summed E-state index contributed by atoms with van der Waals surface area (Å²) >= 11 is 0. The Morgan fingerprint density at radius 1 is 1.33 bits per heavy atom. The Kier molecular flexibility index (Phi) is 5.18. The molecule has 0 aliphatic heterocycles. The van der Waals surface area contributed by atoms with Gasteiger partial charge in [-0.3, -0.25) is 4.79 Å². The molecule has 128 valence electrons. The molecule has 3 rings (SSSR count). The highest BCUT2D eigenvalue weighted by Gasteiger charge is 2.15. The number of carbonyl (C=O) groups excluding carboxylic acids is 1. The van der Waals surface area contributed by atoms with Crippen molar-refractivity contribution >= 4 is 5.91 Å². The number of fused-ring (bicyclic) bond motifs is 1. The number of aromatic nitrogens is 2. The maximum Gasteiger partial charge on any atom is 0.222 e. The number of methoxy groups -OCH3 is 1. The van der Waals surface area contributed by atoms with Crippen LogP contribution in [0, 0.1) is 0 Å². The Morgan fingerprint density at radius 2 is 2.12 bits per heavy atom. The molecular formula is C19H25N3O2. The van der Waals surface area contributed by atoms with E-state index in [1.807, 2.05) is 10.8 Å². The van der Waals surface area contributed by atoms with E-state index < -0.39 is 0 Å². The van der Waals surface area contributed by atoms with Crippen molar-refractivity contribution in [1.82, 2.24) is 14.9 Å². The minimum atomic E-state index is 0.0494. The number of nitrogens with zero attached hydrogens (tertiary/aromatic N) is 2. The maximum atomic E-state index is 12.2. The summed E-state index contributed by atoms with van der Waals surface area (Å²) in [6.45, 7) is 3.25. The fourth-order valence-electron chi connectivity index (χ4n) is 3.34. The molecule has 1 aromatic carbocycles. The molecule has 5 nitrogen and oxygen atoms in total. The van der Waals surface area contributed by atoms with E-state index in [0.29, 0.717) is 19.5 Å². The number of benzene rings is 1. The van der Waals surface area contributed by atoms with Gasteiger partial charge in [0, 0.05) is 43.9 Å². The van der Waals surface area contributed by atoms with Crippen molar-refractivity contribution in [2.24, 2.45) is 0 Å². The van der Waals surface area contributed by atoms with E-state index in [1.165, 1.54) is 17.5 Å². The third-order valence-electron chi connectivity index (χ3n) is 4.67. The molecule has 24 heavy (non-hydrogen) atoms. The van der Waals surface area contributed by atoms with E-state index in [2.05, 4.69) is 29.4 Å². The lowest BCUT2D eigenvalue weighted by atomic mass is 10.0. The maximum absolute atomic E-state index is 12.2. The van der Waals surface area contributed by atoms with Gasteiger partial charge in [0.05, 0.1) is 7.11 Å². The van der Waals surface area contributed by atoms with Crippen LogP contribution >= 0.6 is 0 Å². The van der Waals surface area contributed by atoms with E-state index >= 15 is 0 Å². The van der Waals surface area contributed by atoms with Crippen LogP contribution in [0.25, 0.3) is 0 Å². The molecule has 1 aliphatic carbocycles. The van der Waals surface area contributed by atoms with Gasteiger partial charge in [0.1, 0.15) is 11.6 Å². The lowest BCUT2D eigenvalue weighted by Crippen LogP contribution is -2.24. The molecule has 2 aromatic rings. The average molecular weight is 327 g/mol. The van der Waals surface area contributed by atoms with E-state index in [-0.39, 0.29) is 5.91 Å². The number of carbonyl (C=O) groups is 1. The quantitative estimate of drug-likeness (QED) is 0.850. The van der Waals surface area contributed by atoms with Crippen LogP contribution in [0.5, 0.6) is 5.75 Å². The normalized spacial score (nSPS) is 12.9. The zero-order valence-corrected chi connectivity index (χ0v) is 14.5. The summed E-state index contributed by atoms with van der Waals surface area (Å²) in [6.07, 6.45) is 8.50. The summed E-state index contributed by atoms with van der Waals surface area (Å²) in [4.78, 5) is 16.4. The molecule has 0 spiro atoms. The molecule has 1 aromatic heterocycles. The zero-order valence-electron chi connectivity index (χ0n) is 14.5. The van der Waals surface area contributed by atoms with Crippen LogP contribution in [0.1, 0.15) is 42.3 Å². The first-order chi connectivity index (χ1) is 11.7. The van der Waals surface area contributed by atoms with Crippen LogP contribution < -0.4 is 10.1 Å². The molecular weight excluding hydrogens is 302 g/mol. The first-order valence-electron chi connectivity index (χ1n) is 8.66. The predicted molar refractivity (Wildman–Crippen MR) is 93.1 cm³/mol. The molecule has 1 heterocycles. The molecule has 0 fully saturated rings. The standard InChI is InChI=1S/C19H25N3O2/c1-3-18-20-8-10-22(18)9-7-19(23)21-13-16-11-14-5-4-6-15(14)12-17(16)24-2/h8,10-12H,3-7,9,13H2,1-2H3,(H,21,23). The first kappa shape index (κ1) is 16.6. The third kappa shape index (κ3) is 3.61. The van der Waals surface area contributed by atoms with Gasteiger partial charge < -0.3 is 14.6 Å². The second kappa shape index (κ2) is 7.51. The van der Waals surface area contributed by atoms with Crippen LogP contribution in [0.4, 0.5) is 0 Å². The molecule has 1 aliphatic rings. The van der Waals surface area contributed by atoms with Crippen LogP contribution in [0.3, 0.4) is 0 Å². The molecule has 0 atom stereocenters. The zero-order chi connectivity index (χ0) is 16.9. The number of ether oxygens (including phenoxy) is 1. The second-order valence-electron chi connectivity index (χ2n) is 6.20. The van der Waals surface area contributed by atoms with E-state index in [1.54, 1.807) is 13.3 Å². The van der Waals surface area contributed by atoms with Gasteiger partial charge in [-0.25, -0.2) is 4.98 Å². The molecule has 0 saturated carbocycles. The van der Waals surface area contributed by atoms with Gasteiger partial charge in [-0.2, -0.15) is 0 Å². The SMILES string of the molecule is CCc1nccn1CCC(=O)NCc1cc2c(cc1OC)CCC2. The van der Waals surface area contributed by atoms with Crippen molar-refractivity contribution < 1.29 is 9.53 Å². The second-order valence-corrected chi connectivity index (χ2v) is 6.20. The van der Waals surface area contributed by atoms with Crippen molar-refractivity contribution in [2.75, 3.05) is 7.11 Å². The molecule has 1 N–H and O–H groups in total. The van der Waals surface area contributed by atoms with Gasteiger partial charge >= 0.3 is 0 Å². The predicted octanol–water partition coefficient (Wildman–Crippen LogP) is 2.65. The molecule has 0 unspecified atom stereocenters. The fourth-order valence-corrected chi connectivity index (χ4v) is 3.34. The molecule has 1 amide bonds. The largest absolute Gasteiger partial charge is 0.496 e. The lowest BCUT2D eigenvalue weighted by Gasteiger charge is -2.13. The van der Waals surface area contributed by atoms with Crippen LogP contribution in [-0.4, -0.2) is 22.6 Å². The van der Waals surface area contributed by atoms with Crippen LogP contribution in [0.2, 0.25) is 0 Å². The van der Waals surface area contributed by atoms with Crippen molar-refractivity contribution in [3.05, 3.63) is 47.0 Å². The molecule has 5 heteroatoms. The van der Waals surface area contributed by atoms with Crippen molar-refractivity contribution in [1.29, 1.82) is 0 Å². The van der Waals surface area contributed by atoms with Crippen molar-refractivity contribution in [3.63, 3.8) is 0 Å². The average Bonchev–Trinajstić information content (AvgIpc) is 3.24. The van der Waals surface area contributed by atoms with Gasteiger partial charge in [0.2, 0.25) is 5.91 Å². The van der Waals surface area contributed by atoms with Gasteiger partial charge in [-0.1, -0.05) is 13.0 Å². The van der Waals surface area contributed by atoms with Crippen LogP contribution in [-0.2, 0) is 37.1 Å². The molecule has 0 radical (unpaired) electrons. The third-order valence-corrected chi connectivity index (χ3v) is 4.67. The number of imidazole rings is 1. The van der Waals surface area contributed by atoms with Gasteiger partial charge in [0.15, 0.2) is 0 Å². The lowest BCUT2D eigenvalue weighted by molar-refractivity contribution is -0.121. The highest BCUT2D eigenvalue weighted by molar-refractivity contribution is 5.75. The highest BCUT2D eigenvalue weighted by Crippen LogP contribution is 2.29. The number of hydrogen-bond acceptors (Lipinski definition) is 3. The van der Waals surface area contributed by atoms with Crippen molar-refractivity contribution in [2.45, 2.75) is 52.1 Å². The summed E-state index contributed by atoms with van der Waals surface area (Å²) in [5, 5.41) is 3.01. The molecule has 0 bridgehead atoms. The highest BCUT2D eigenvalue weighted by atomic mass is 16.5. The monoisotopic (exact) mass is 327 g/mol. The number of rotatable bonds is 7. The van der Waals surface area contributed by atoms with Gasteiger partial charge in [-0.05, 0) is 36.5 Å². The number of amides is 1. The Bertz CT molecular complexity index is 721. The first-order valence-corrected chi connectivity index (χ1v) is 8.66. The van der Waals surface area contributed by atoms with Gasteiger partial charge in [0.25, 0.3) is 0 Å². The fraction of sp³-hybridized carbons (Fsp3) is 0.474. The van der Waals surface area contributed by atoms with E-state index in [4.69, 9.17) is 4.74 Å². The summed E-state index contributed by atoms with van der Waals surface area (Å²) < 4.78 is 7.53. The summed E-state index contributed by atoms with van der Waals surface area (Å²) in [5.41, 5.74) is 3.84. The van der Waals surface area contributed by atoms with Gasteiger partial charge in [-0.15, -0.1) is 0 Å². The van der Waals surface area contributed by atoms with Crippen molar-refractivity contribution in [3.8, 4) is 5.75 Å². The minimum Gasteiger partial charge on any atom is -0.496 e. The minimum absolute atomic E-state index is 0.0494. The number of aryl methyl sites for hydroxylation is 4. The summed E-state index contributed by atoms with van der Waals surface area (Å²) in [6, 6.07) is 4.31. The van der Waals surface area contributed by atoms with E-state index in [9.17, 15) is 4.79 Å². The smallest absolute Gasteiger partial charge is 0.222 e. The Balaban J connectivity index is 1.56. The summed E-state index contributed by atoms with van der Waals surface area (Å²) in [7, 11) is 1.69. The Morgan fingerprint density at radius 3 is 2.88 bits per heavy atom. The van der Waals surface area contributed by atoms with E-state index in [0.717, 1.165) is 36.4 Å². The van der Waals surface area contributed by atoms with Crippen LogP contribution in [0.15, 0.2) is 24.5 Å².